The van der Waals surface area contributed by atoms with E-state index in [9.17, 15) is 19.2 Å². The molecule has 4 rings (SSSR count). The minimum Gasteiger partial charge on any atom is -0.321 e. The maximum absolute atomic E-state index is 13.5. The molecule has 34 heavy (non-hydrogen) atoms. The van der Waals surface area contributed by atoms with Crippen LogP contribution in [0.2, 0.25) is 0 Å². The molecule has 0 radical (unpaired) electrons. The first-order chi connectivity index (χ1) is 16.4. The highest BCUT2D eigenvalue weighted by molar-refractivity contribution is 9.10. The molecule has 9 heteroatoms. The van der Waals surface area contributed by atoms with Gasteiger partial charge in [0.05, 0.1) is 5.25 Å². The number of nitrogens with one attached hydrogen (secondary N) is 1. The van der Waals surface area contributed by atoms with Crippen LogP contribution >= 0.6 is 43.6 Å². The minimum atomic E-state index is -0.628. The number of nitrogens with zero attached hydrogens (tertiary/aromatic N) is 2. The SMILES string of the molecule is N#CC(C(=O)Nc1ccc(Br)cc1)=C1SC(Cc2ccc(Br)cc2)C(=O)N1c1ccc(F)cc1. The Kier molecular flexibility index (Phi) is 7.51. The maximum Gasteiger partial charge on any atom is 0.269 e. The van der Waals surface area contributed by atoms with Gasteiger partial charge in [0.2, 0.25) is 5.91 Å². The number of amides is 2. The highest BCUT2D eigenvalue weighted by atomic mass is 79.9. The second-order valence-electron chi connectivity index (χ2n) is 7.34. The summed E-state index contributed by atoms with van der Waals surface area (Å²) in [5.41, 5.74) is 1.64. The number of nitriles is 1. The Morgan fingerprint density at radius 1 is 1.00 bits per heavy atom. The average Bonchev–Trinajstić information content (AvgIpc) is 3.13. The molecular formula is C25H16Br2FN3O2S. The largest absolute Gasteiger partial charge is 0.321 e. The van der Waals surface area contributed by atoms with Gasteiger partial charge in [-0.3, -0.25) is 14.5 Å². The molecule has 0 aromatic heterocycles. The Balaban J connectivity index is 1.71. The number of thioether (sulfide) groups is 1. The Morgan fingerprint density at radius 3 is 2.18 bits per heavy atom. The van der Waals surface area contributed by atoms with Crippen molar-refractivity contribution in [3.8, 4) is 6.07 Å². The van der Waals surface area contributed by atoms with Crippen molar-refractivity contribution in [2.75, 3.05) is 10.2 Å². The van der Waals surface area contributed by atoms with E-state index in [1.54, 1.807) is 24.3 Å². The number of carbonyl (C=O) groups excluding carboxylic acids is 2. The second-order valence-corrected chi connectivity index (χ2v) is 10.4. The third-order valence-corrected chi connectivity index (χ3v) is 7.35. The van der Waals surface area contributed by atoms with Crippen molar-refractivity contribution < 1.29 is 14.0 Å². The first kappa shape index (κ1) is 24.2. The zero-order valence-electron chi connectivity index (χ0n) is 17.5. The zero-order valence-corrected chi connectivity index (χ0v) is 21.5. The summed E-state index contributed by atoms with van der Waals surface area (Å²) < 4.78 is 15.3. The Bertz CT molecular complexity index is 1300. The van der Waals surface area contributed by atoms with Gasteiger partial charge in [-0.2, -0.15) is 5.26 Å². The van der Waals surface area contributed by atoms with E-state index in [1.165, 1.54) is 29.2 Å². The molecule has 1 atom stereocenters. The van der Waals surface area contributed by atoms with Crippen LogP contribution in [0.15, 0.2) is 92.3 Å². The Labute approximate surface area is 216 Å². The summed E-state index contributed by atoms with van der Waals surface area (Å²) in [4.78, 5) is 27.8. The molecule has 1 fully saturated rings. The quantitative estimate of drug-likeness (QED) is 0.271. The van der Waals surface area contributed by atoms with Gasteiger partial charge >= 0.3 is 0 Å². The smallest absolute Gasteiger partial charge is 0.269 e. The lowest BCUT2D eigenvalue weighted by atomic mass is 10.1. The lowest BCUT2D eigenvalue weighted by Crippen LogP contribution is -2.30. The zero-order chi connectivity index (χ0) is 24.2. The van der Waals surface area contributed by atoms with Gasteiger partial charge in [0.15, 0.2) is 0 Å². The van der Waals surface area contributed by atoms with Gasteiger partial charge < -0.3 is 5.32 Å². The summed E-state index contributed by atoms with van der Waals surface area (Å²) in [5.74, 6) is -1.36. The molecular weight excluding hydrogens is 585 g/mol. The van der Waals surface area contributed by atoms with Crippen LogP contribution in [0, 0.1) is 17.1 Å². The fraction of sp³-hybridized carbons (Fsp3) is 0.0800. The van der Waals surface area contributed by atoms with Crippen molar-refractivity contribution in [3.63, 3.8) is 0 Å². The van der Waals surface area contributed by atoms with Gasteiger partial charge in [-0.1, -0.05) is 55.8 Å². The van der Waals surface area contributed by atoms with Crippen molar-refractivity contribution in [1.29, 1.82) is 5.26 Å². The fourth-order valence-corrected chi connectivity index (χ4v) is 5.21. The summed E-state index contributed by atoms with van der Waals surface area (Å²) in [5, 5.41) is 12.3. The molecule has 0 aliphatic carbocycles. The predicted molar refractivity (Wildman–Crippen MR) is 139 cm³/mol. The molecule has 0 spiro atoms. The highest BCUT2D eigenvalue weighted by Gasteiger charge is 2.40. The van der Waals surface area contributed by atoms with E-state index in [0.717, 1.165) is 26.3 Å². The van der Waals surface area contributed by atoms with Gasteiger partial charge in [0.1, 0.15) is 22.5 Å². The summed E-state index contributed by atoms with van der Waals surface area (Å²) in [6, 6.07) is 21.9. The van der Waals surface area contributed by atoms with Crippen LogP contribution < -0.4 is 10.2 Å². The van der Waals surface area contributed by atoms with E-state index in [0.29, 0.717) is 17.8 Å². The number of rotatable bonds is 5. The van der Waals surface area contributed by atoms with Crippen molar-refractivity contribution >= 4 is 66.8 Å². The van der Waals surface area contributed by atoms with Crippen molar-refractivity contribution in [2.24, 2.45) is 0 Å². The van der Waals surface area contributed by atoms with Crippen molar-refractivity contribution in [1.82, 2.24) is 0 Å². The molecule has 1 aliphatic rings. The summed E-state index contributed by atoms with van der Waals surface area (Å²) in [7, 11) is 0. The van der Waals surface area contributed by atoms with Crippen LogP contribution in [0.3, 0.4) is 0 Å². The van der Waals surface area contributed by atoms with Gasteiger partial charge in [-0.05, 0) is 72.6 Å². The monoisotopic (exact) mass is 599 g/mol. The van der Waals surface area contributed by atoms with Crippen molar-refractivity contribution in [3.05, 3.63) is 104 Å². The third-order valence-electron chi connectivity index (χ3n) is 5.03. The molecule has 2 amide bonds. The molecule has 1 aliphatic heterocycles. The van der Waals surface area contributed by atoms with Crippen LogP contribution in [-0.2, 0) is 16.0 Å². The van der Waals surface area contributed by atoms with E-state index in [-0.39, 0.29) is 16.5 Å². The number of halogens is 3. The maximum atomic E-state index is 13.5. The molecule has 1 unspecified atom stereocenters. The van der Waals surface area contributed by atoms with E-state index < -0.39 is 17.0 Å². The Morgan fingerprint density at radius 2 is 1.59 bits per heavy atom. The topological polar surface area (TPSA) is 73.2 Å². The van der Waals surface area contributed by atoms with E-state index in [1.807, 2.05) is 30.3 Å². The summed E-state index contributed by atoms with van der Waals surface area (Å²) in [6.07, 6.45) is 0.408. The number of hydrogen-bond acceptors (Lipinski definition) is 4. The summed E-state index contributed by atoms with van der Waals surface area (Å²) >= 11 is 7.90. The standard InChI is InChI=1S/C25H16Br2FN3O2S/c26-16-3-1-15(2-4-16)13-22-24(33)31(20-11-7-18(28)8-12-20)25(34-22)21(14-29)23(32)30-19-9-5-17(27)6-10-19/h1-12,22H,13H2,(H,30,32). The lowest BCUT2D eigenvalue weighted by Gasteiger charge is -2.18. The van der Waals surface area contributed by atoms with E-state index in [2.05, 4.69) is 37.2 Å². The molecule has 0 bridgehead atoms. The third kappa shape index (κ3) is 5.41. The number of anilines is 2. The number of benzene rings is 3. The van der Waals surface area contributed by atoms with Crippen LogP contribution in [0.25, 0.3) is 0 Å². The summed E-state index contributed by atoms with van der Waals surface area (Å²) in [6.45, 7) is 0. The van der Waals surface area contributed by atoms with Gasteiger partial charge in [-0.25, -0.2) is 4.39 Å². The second kappa shape index (κ2) is 10.6. The molecule has 5 nitrogen and oxygen atoms in total. The average molecular weight is 601 g/mol. The van der Waals surface area contributed by atoms with E-state index >= 15 is 0 Å². The number of hydrogen-bond donors (Lipinski definition) is 1. The fourth-order valence-electron chi connectivity index (χ4n) is 3.37. The van der Waals surface area contributed by atoms with Gasteiger partial charge in [-0.15, -0.1) is 0 Å². The highest BCUT2D eigenvalue weighted by Crippen LogP contribution is 2.42. The molecule has 1 saturated heterocycles. The molecule has 170 valence electrons. The van der Waals surface area contributed by atoms with Crippen LogP contribution in [-0.4, -0.2) is 17.1 Å². The van der Waals surface area contributed by atoms with Crippen LogP contribution in [0.5, 0.6) is 0 Å². The van der Waals surface area contributed by atoms with Gasteiger partial charge in [0.25, 0.3) is 5.91 Å². The normalized spacial score (nSPS) is 16.8. The molecule has 1 heterocycles. The molecule has 3 aromatic carbocycles. The van der Waals surface area contributed by atoms with Gasteiger partial charge in [0, 0.05) is 20.3 Å². The van der Waals surface area contributed by atoms with E-state index in [4.69, 9.17) is 0 Å². The predicted octanol–water partition coefficient (Wildman–Crippen LogP) is 6.42. The first-order valence-corrected chi connectivity index (χ1v) is 12.5. The van der Waals surface area contributed by atoms with Crippen LogP contribution in [0.4, 0.5) is 15.8 Å². The number of carbonyl (C=O) groups is 2. The Hall–Kier alpha value is -2.93. The molecule has 1 N–H and O–H groups in total. The van der Waals surface area contributed by atoms with Crippen LogP contribution in [0.1, 0.15) is 5.56 Å². The lowest BCUT2D eigenvalue weighted by molar-refractivity contribution is -0.117. The molecule has 3 aromatic rings. The molecule has 0 saturated carbocycles. The first-order valence-electron chi connectivity index (χ1n) is 10.1. The minimum absolute atomic E-state index is 0.191. The van der Waals surface area contributed by atoms with Crippen molar-refractivity contribution in [2.45, 2.75) is 11.7 Å².